The van der Waals surface area contributed by atoms with Gasteiger partial charge in [-0.1, -0.05) is 35.9 Å². The van der Waals surface area contributed by atoms with Crippen molar-refractivity contribution in [3.05, 3.63) is 82.6 Å². The molecule has 0 aliphatic heterocycles. The van der Waals surface area contributed by atoms with Gasteiger partial charge in [0, 0.05) is 24.5 Å². The number of hydrogen-bond acceptors (Lipinski definition) is 6. The summed E-state index contributed by atoms with van der Waals surface area (Å²) < 4.78 is 29.2. The molecule has 0 spiro atoms. The number of hydrogen-bond donors (Lipinski definition) is 2. The monoisotopic (exact) mass is 456 g/mol. The van der Waals surface area contributed by atoms with E-state index < -0.39 is 10.0 Å². The molecule has 2 heterocycles. The number of aryl methyl sites for hydroxylation is 1. The fourth-order valence-electron chi connectivity index (χ4n) is 3.04. The molecule has 8 nitrogen and oxygen atoms in total. The average molecular weight is 457 g/mol. The fraction of sp³-hybridized carbons (Fsp3) is 0.190. The summed E-state index contributed by atoms with van der Waals surface area (Å²) in [6, 6.07) is 18.0. The van der Waals surface area contributed by atoms with Gasteiger partial charge < -0.3 is 5.32 Å². The zero-order chi connectivity index (χ0) is 21.8. The predicted molar refractivity (Wildman–Crippen MR) is 120 cm³/mol. The molecular weight excluding hydrogens is 436 g/mol. The molecule has 0 fully saturated rings. The molecule has 0 aliphatic carbocycles. The van der Waals surface area contributed by atoms with E-state index >= 15 is 0 Å². The van der Waals surface area contributed by atoms with Crippen LogP contribution >= 0.6 is 11.6 Å². The van der Waals surface area contributed by atoms with E-state index in [2.05, 4.69) is 25.3 Å². The van der Waals surface area contributed by atoms with E-state index in [9.17, 15) is 8.42 Å². The van der Waals surface area contributed by atoms with Gasteiger partial charge in [-0.3, -0.25) is 0 Å². The van der Waals surface area contributed by atoms with Crippen LogP contribution in [0.15, 0.2) is 65.6 Å². The molecule has 0 radical (unpaired) electrons. The van der Waals surface area contributed by atoms with Crippen molar-refractivity contribution in [3.63, 3.8) is 0 Å². The van der Waals surface area contributed by atoms with Gasteiger partial charge in [0.05, 0.1) is 4.90 Å². The van der Waals surface area contributed by atoms with Crippen molar-refractivity contribution in [2.75, 3.05) is 11.9 Å². The molecule has 160 valence electrons. The molecule has 2 N–H and O–H groups in total. The van der Waals surface area contributed by atoms with Gasteiger partial charge in [-0.25, -0.2) is 13.1 Å². The summed E-state index contributed by atoms with van der Waals surface area (Å²) in [6.07, 6.45) is 0.347. The summed E-state index contributed by atoms with van der Waals surface area (Å²) in [7, 11) is -3.59. The normalized spacial score (nSPS) is 11.7. The van der Waals surface area contributed by atoms with Crippen LogP contribution in [0, 0.1) is 6.92 Å². The molecule has 4 rings (SSSR count). The van der Waals surface area contributed by atoms with Gasteiger partial charge in [0.2, 0.25) is 10.0 Å². The lowest BCUT2D eigenvalue weighted by atomic mass is 10.2. The van der Waals surface area contributed by atoms with E-state index in [1.807, 2.05) is 49.4 Å². The molecule has 2 aromatic heterocycles. The molecule has 0 bridgehead atoms. The van der Waals surface area contributed by atoms with Crippen LogP contribution in [0.5, 0.6) is 0 Å². The second kappa shape index (κ2) is 9.01. The van der Waals surface area contributed by atoms with Crippen LogP contribution in [0.3, 0.4) is 0 Å². The van der Waals surface area contributed by atoms with Crippen molar-refractivity contribution in [3.8, 4) is 0 Å². The molecular formula is C21H21ClN6O2S. The van der Waals surface area contributed by atoms with Crippen molar-refractivity contribution < 1.29 is 8.42 Å². The third kappa shape index (κ3) is 5.19. The van der Waals surface area contributed by atoms with Crippen LogP contribution in [0.1, 0.15) is 17.0 Å². The number of aromatic nitrogens is 4. The lowest BCUT2D eigenvalue weighted by Gasteiger charge is -2.08. The number of nitrogens with one attached hydrogen (secondary N) is 2. The minimum Gasteiger partial charge on any atom is -0.365 e. The largest absolute Gasteiger partial charge is 0.365 e. The highest BCUT2D eigenvalue weighted by Gasteiger charge is 2.15. The molecule has 0 amide bonds. The Kier molecular flexibility index (Phi) is 6.17. The van der Waals surface area contributed by atoms with E-state index in [4.69, 9.17) is 11.6 Å². The number of sulfonamides is 1. The van der Waals surface area contributed by atoms with Gasteiger partial charge in [0.1, 0.15) is 5.82 Å². The second-order valence-corrected chi connectivity index (χ2v) is 9.25. The minimum atomic E-state index is -3.59. The van der Waals surface area contributed by atoms with Gasteiger partial charge in [-0.15, -0.1) is 15.3 Å². The highest BCUT2D eigenvalue weighted by Crippen LogP contribution is 2.13. The van der Waals surface area contributed by atoms with Gasteiger partial charge >= 0.3 is 0 Å². The van der Waals surface area contributed by atoms with Gasteiger partial charge in [-0.2, -0.15) is 4.52 Å². The molecule has 0 atom stereocenters. The number of halogens is 1. The first-order valence-corrected chi connectivity index (χ1v) is 11.5. The maximum atomic E-state index is 12.5. The predicted octanol–water partition coefficient (Wildman–Crippen LogP) is 3.22. The maximum Gasteiger partial charge on any atom is 0.240 e. The molecule has 0 aliphatic rings. The lowest BCUT2D eigenvalue weighted by molar-refractivity contribution is 0.580. The molecule has 10 heteroatoms. The second-order valence-electron chi connectivity index (χ2n) is 7.05. The lowest BCUT2D eigenvalue weighted by Crippen LogP contribution is -2.26. The first-order chi connectivity index (χ1) is 14.9. The number of rotatable bonds is 8. The fourth-order valence-corrected chi connectivity index (χ4v) is 4.30. The highest BCUT2D eigenvalue weighted by atomic mass is 35.5. The summed E-state index contributed by atoms with van der Waals surface area (Å²) in [5.74, 6) is 1.22. The smallest absolute Gasteiger partial charge is 0.240 e. The summed E-state index contributed by atoms with van der Waals surface area (Å²) in [6.45, 7) is 2.62. The average Bonchev–Trinajstić information content (AvgIpc) is 3.15. The van der Waals surface area contributed by atoms with Crippen molar-refractivity contribution >= 4 is 33.1 Å². The highest BCUT2D eigenvalue weighted by molar-refractivity contribution is 7.89. The summed E-state index contributed by atoms with van der Waals surface area (Å²) >= 11 is 5.92. The van der Waals surface area contributed by atoms with Gasteiger partial charge in [0.25, 0.3) is 0 Å². The molecule has 2 aromatic carbocycles. The van der Waals surface area contributed by atoms with Crippen LogP contribution in [0.2, 0.25) is 5.02 Å². The Morgan fingerprint density at radius 3 is 2.61 bits per heavy atom. The zero-order valence-electron chi connectivity index (χ0n) is 16.8. The van der Waals surface area contributed by atoms with Crippen molar-refractivity contribution in [1.29, 1.82) is 0 Å². The Morgan fingerprint density at radius 2 is 1.84 bits per heavy atom. The van der Waals surface area contributed by atoms with E-state index in [1.54, 1.807) is 22.7 Å². The molecule has 31 heavy (non-hydrogen) atoms. The van der Waals surface area contributed by atoms with Crippen molar-refractivity contribution in [2.24, 2.45) is 0 Å². The first kappa shape index (κ1) is 21.2. The standard InChI is InChI=1S/C21H21ClN6O2S/c1-15-3-2-4-18(13-15)31(29,30)24-12-11-21-26-25-20-10-9-19(27-28(20)21)23-14-16-5-7-17(22)8-6-16/h2-10,13,24H,11-12,14H2,1H3,(H,23,27). The van der Waals surface area contributed by atoms with Crippen LogP contribution < -0.4 is 10.0 Å². The first-order valence-electron chi connectivity index (χ1n) is 9.67. The number of anilines is 1. The van der Waals surface area contributed by atoms with E-state index in [0.717, 1.165) is 11.1 Å². The van der Waals surface area contributed by atoms with E-state index in [0.29, 0.717) is 35.3 Å². The summed E-state index contributed by atoms with van der Waals surface area (Å²) in [5, 5.41) is 16.7. The Labute approximate surface area is 185 Å². The molecule has 4 aromatic rings. The Hall–Kier alpha value is -3.01. The maximum absolute atomic E-state index is 12.5. The summed E-state index contributed by atoms with van der Waals surface area (Å²) in [5.41, 5.74) is 2.54. The molecule has 0 saturated carbocycles. The third-order valence-electron chi connectivity index (χ3n) is 4.65. The van der Waals surface area contributed by atoms with E-state index in [1.165, 1.54) is 0 Å². The topological polar surface area (TPSA) is 101 Å². The number of nitrogens with zero attached hydrogens (tertiary/aromatic N) is 4. The van der Waals surface area contributed by atoms with Crippen LogP contribution in [0.4, 0.5) is 5.82 Å². The summed E-state index contributed by atoms with van der Waals surface area (Å²) in [4.78, 5) is 0.241. The van der Waals surface area contributed by atoms with E-state index in [-0.39, 0.29) is 11.4 Å². The minimum absolute atomic E-state index is 0.182. The quantitative estimate of drug-likeness (QED) is 0.422. The van der Waals surface area contributed by atoms with Crippen molar-refractivity contribution in [2.45, 2.75) is 24.8 Å². The third-order valence-corrected chi connectivity index (χ3v) is 6.37. The Bertz CT molecular complexity index is 1310. The zero-order valence-corrected chi connectivity index (χ0v) is 18.4. The van der Waals surface area contributed by atoms with Gasteiger partial charge in [-0.05, 0) is 54.4 Å². The van der Waals surface area contributed by atoms with Crippen LogP contribution in [-0.2, 0) is 23.0 Å². The number of fused-ring (bicyclic) bond motifs is 1. The molecule has 0 saturated heterocycles. The Balaban J connectivity index is 1.42. The van der Waals surface area contributed by atoms with Crippen LogP contribution in [-0.4, -0.2) is 34.8 Å². The Morgan fingerprint density at radius 1 is 1.03 bits per heavy atom. The SMILES string of the molecule is Cc1cccc(S(=O)(=O)NCCc2nnc3ccc(NCc4ccc(Cl)cc4)nn23)c1. The molecule has 0 unspecified atom stereocenters. The number of benzene rings is 2. The van der Waals surface area contributed by atoms with Crippen LogP contribution in [0.25, 0.3) is 5.65 Å². The van der Waals surface area contributed by atoms with Crippen molar-refractivity contribution in [1.82, 2.24) is 24.5 Å². The van der Waals surface area contributed by atoms with Gasteiger partial charge in [0.15, 0.2) is 11.5 Å².